The van der Waals surface area contributed by atoms with Gasteiger partial charge in [0.15, 0.2) is 0 Å². The third-order valence-electron chi connectivity index (χ3n) is 5.13. The summed E-state index contributed by atoms with van der Waals surface area (Å²) in [6, 6.07) is 10.2. The van der Waals surface area contributed by atoms with E-state index in [4.69, 9.17) is 5.73 Å². The number of benzene rings is 1. The number of piperazine rings is 1. The third kappa shape index (κ3) is 11.4. The maximum Gasteiger partial charge on any atom is 0.237 e. The molecule has 1 aromatic rings. The average molecular weight is 470 g/mol. The molecule has 1 aromatic carbocycles. The zero-order valence-corrected chi connectivity index (χ0v) is 20.4. The highest BCUT2D eigenvalue weighted by atomic mass is 35.5. The minimum Gasteiger partial charge on any atom is -0.355 e. The van der Waals surface area contributed by atoms with Gasteiger partial charge in [0, 0.05) is 39.3 Å². The Labute approximate surface area is 195 Å². The topological polar surface area (TPSA) is 61.6 Å². The van der Waals surface area contributed by atoms with E-state index in [0.717, 1.165) is 58.7 Å². The van der Waals surface area contributed by atoms with Crippen LogP contribution in [0.3, 0.4) is 0 Å². The van der Waals surface area contributed by atoms with Crippen molar-refractivity contribution in [3.63, 3.8) is 0 Å². The SMILES string of the molecule is CC(C)(C)[C@H](N)C(=O)NCCCCN1CCN(Cc2ccccc2)CC1.Cl.Cl.Cl. The molecule has 1 heterocycles. The van der Waals surface area contributed by atoms with E-state index in [1.807, 2.05) is 20.8 Å². The first-order chi connectivity index (χ1) is 12.4. The van der Waals surface area contributed by atoms with Crippen LogP contribution >= 0.6 is 37.2 Å². The van der Waals surface area contributed by atoms with E-state index in [-0.39, 0.29) is 48.5 Å². The maximum atomic E-state index is 12.0. The van der Waals surface area contributed by atoms with Crippen LogP contribution in [0.15, 0.2) is 30.3 Å². The van der Waals surface area contributed by atoms with E-state index in [1.165, 1.54) is 5.56 Å². The number of rotatable bonds is 8. The monoisotopic (exact) mass is 468 g/mol. The zero-order chi connectivity index (χ0) is 19.0. The zero-order valence-electron chi connectivity index (χ0n) is 17.9. The summed E-state index contributed by atoms with van der Waals surface area (Å²) in [4.78, 5) is 17.0. The Kier molecular flexibility index (Phi) is 16.1. The lowest BCUT2D eigenvalue weighted by Gasteiger charge is -2.34. The van der Waals surface area contributed by atoms with Crippen molar-refractivity contribution in [2.75, 3.05) is 39.3 Å². The lowest BCUT2D eigenvalue weighted by atomic mass is 9.87. The van der Waals surface area contributed by atoms with Crippen LogP contribution in [0.25, 0.3) is 0 Å². The molecule has 0 radical (unpaired) electrons. The van der Waals surface area contributed by atoms with Crippen LogP contribution in [0.2, 0.25) is 0 Å². The predicted octanol–water partition coefficient (Wildman–Crippen LogP) is 3.34. The van der Waals surface area contributed by atoms with Gasteiger partial charge in [-0.1, -0.05) is 51.1 Å². The highest BCUT2D eigenvalue weighted by molar-refractivity contribution is 5.86. The van der Waals surface area contributed by atoms with E-state index < -0.39 is 6.04 Å². The van der Waals surface area contributed by atoms with E-state index >= 15 is 0 Å². The molecule has 5 nitrogen and oxygen atoms in total. The minimum absolute atomic E-state index is 0. The van der Waals surface area contributed by atoms with Crippen molar-refractivity contribution in [1.82, 2.24) is 15.1 Å². The molecule has 29 heavy (non-hydrogen) atoms. The highest BCUT2D eigenvalue weighted by Gasteiger charge is 2.26. The second kappa shape index (κ2) is 15.3. The molecule has 1 saturated heterocycles. The summed E-state index contributed by atoms with van der Waals surface area (Å²) in [6.07, 6.45) is 2.12. The molecule has 170 valence electrons. The number of carbonyl (C=O) groups excluding carboxylic acids is 1. The van der Waals surface area contributed by atoms with E-state index in [0.29, 0.717) is 0 Å². The number of carbonyl (C=O) groups is 1. The summed E-state index contributed by atoms with van der Waals surface area (Å²) in [5.74, 6) is -0.0352. The van der Waals surface area contributed by atoms with Gasteiger partial charge in [0.1, 0.15) is 0 Å². The largest absolute Gasteiger partial charge is 0.355 e. The lowest BCUT2D eigenvalue weighted by Crippen LogP contribution is -2.49. The molecule has 0 aliphatic carbocycles. The summed E-state index contributed by atoms with van der Waals surface area (Å²) in [5, 5.41) is 2.97. The van der Waals surface area contributed by atoms with Crippen molar-refractivity contribution in [1.29, 1.82) is 0 Å². The summed E-state index contributed by atoms with van der Waals surface area (Å²) >= 11 is 0. The number of nitrogens with one attached hydrogen (secondary N) is 1. The fraction of sp³-hybridized carbons (Fsp3) is 0.667. The molecule has 1 aliphatic heterocycles. The van der Waals surface area contributed by atoms with Crippen LogP contribution in [-0.4, -0.2) is 61.0 Å². The van der Waals surface area contributed by atoms with Crippen molar-refractivity contribution < 1.29 is 4.79 Å². The first kappa shape index (κ1) is 30.6. The predicted molar refractivity (Wildman–Crippen MR) is 130 cm³/mol. The molecular formula is C21H39Cl3N4O. The van der Waals surface area contributed by atoms with Crippen molar-refractivity contribution >= 4 is 43.1 Å². The van der Waals surface area contributed by atoms with Gasteiger partial charge in [0.25, 0.3) is 0 Å². The first-order valence-corrected chi connectivity index (χ1v) is 9.88. The van der Waals surface area contributed by atoms with Gasteiger partial charge >= 0.3 is 0 Å². The Morgan fingerprint density at radius 1 is 1.00 bits per heavy atom. The molecule has 1 aliphatic rings. The molecule has 8 heteroatoms. The molecule has 0 aromatic heterocycles. The quantitative estimate of drug-likeness (QED) is 0.573. The molecule has 0 saturated carbocycles. The summed E-state index contributed by atoms with van der Waals surface area (Å²) in [5.41, 5.74) is 7.17. The van der Waals surface area contributed by atoms with E-state index in [9.17, 15) is 4.79 Å². The smallest absolute Gasteiger partial charge is 0.237 e. The van der Waals surface area contributed by atoms with Gasteiger partial charge in [-0.05, 0) is 30.4 Å². The number of hydrogen-bond acceptors (Lipinski definition) is 4. The molecule has 1 amide bonds. The molecule has 3 N–H and O–H groups in total. The van der Waals surface area contributed by atoms with Gasteiger partial charge < -0.3 is 16.0 Å². The first-order valence-electron chi connectivity index (χ1n) is 9.88. The molecular weight excluding hydrogens is 431 g/mol. The summed E-state index contributed by atoms with van der Waals surface area (Å²) in [6.45, 7) is 13.4. The van der Waals surface area contributed by atoms with Gasteiger partial charge in [0.2, 0.25) is 5.91 Å². The minimum atomic E-state index is -0.444. The van der Waals surface area contributed by atoms with Crippen LogP contribution < -0.4 is 11.1 Å². The van der Waals surface area contributed by atoms with Crippen molar-refractivity contribution in [2.45, 2.75) is 46.2 Å². The van der Waals surface area contributed by atoms with Crippen LogP contribution in [0.1, 0.15) is 39.2 Å². The molecule has 2 rings (SSSR count). The van der Waals surface area contributed by atoms with Crippen molar-refractivity contribution in [3.05, 3.63) is 35.9 Å². The molecule has 0 unspecified atom stereocenters. The number of amides is 1. The van der Waals surface area contributed by atoms with E-state index in [1.54, 1.807) is 0 Å². The van der Waals surface area contributed by atoms with Crippen LogP contribution in [0.4, 0.5) is 0 Å². The summed E-state index contributed by atoms with van der Waals surface area (Å²) in [7, 11) is 0. The van der Waals surface area contributed by atoms with Crippen LogP contribution in [0, 0.1) is 5.41 Å². The number of hydrogen-bond donors (Lipinski definition) is 2. The lowest BCUT2D eigenvalue weighted by molar-refractivity contribution is -0.124. The summed E-state index contributed by atoms with van der Waals surface area (Å²) < 4.78 is 0. The van der Waals surface area contributed by atoms with Crippen molar-refractivity contribution in [2.24, 2.45) is 11.1 Å². The van der Waals surface area contributed by atoms with Gasteiger partial charge in [-0.3, -0.25) is 9.69 Å². The standard InChI is InChI=1S/C21H36N4O.3ClH/c1-21(2,3)19(22)20(26)23-11-7-8-12-24-13-15-25(16-14-24)17-18-9-5-4-6-10-18;;;/h4-6,9-10,19H,7-8,11-17,22H2,1-3H3,(H,23,26);3*1H/t19-;;;/m1.../s1. The van der Waals surface area contributed by atoms with E-state index in [2.05, 4.69) is 45.4 Å². The number of unbranched alkanes of at least 4 members (excludes halogenated alkanes) is 1. The second-order valence-electron chi connectivity index (χ2n) is 8.45. The second-order valence-corrected chi connectivity index (χ2v) is 8.45. The molecule has 0 spiro atoms. The number of halogens is 3. The molecule has 1 fully saturated rings. The van der Waals surface area contributed by atoms with Gasteiger partial charge in [0.05, 0.1) is 6.04 Å². The Balaban J connectivity index is 0. The Morgan fingerprint density at radius 3 is 2.10 bits per heavy atom. The fourth-order valence-corrected chi connectivity index (χ4v) is 3.19. The van der Waals surface area contributed by atoms with Crippen LogP contribution in [-0.2, 0) is 11.3 Å². The Bertz CT molecular complexity index is 547. The van der Waals surface area contributed by atoms with Gasteiger partial charge in [-0.25, -0.2) is 0 Å². The average Bonchev–Trinajstić information content (AvgIpc) is 2.62. The fourth-order valence-electron chi connectivity index (χ4n) is 3.19. The molecule has 0 bridgehead atoms. The van der Waals surface area contributed by atoms with Crippen LogP contribution in [0.5, 0.6) is 0 Å². The molecule has 1 atom stereocenters. The van der Waals surface area contributed by atoms with Gasteiger partial charge in [-0.15, -0.1) is 37.2 Å². The third-order valence-corrected chi connectivity index (χ3v) is 5.13. The maximum absolute atomic E-state index is 12.0. The Morgan fingerprint density at radius 2 is 1.55 bits per heavy atom. The highest BCUT2D eigenvalue weighted by Crippen LogP contribution is 2.17. The normalized spacial score (nSPS) is 16.0. The van der Waals surface area contributed by atoms with Gasteiger partial charge in [-0.2, -0.15) is 0 Å². The number of nitrogens with zero attached hydrogens (tertiary/aromatic N) is 2. The Hall–Kier alpha value is -0.560. The number of nitrogens with two attached hydrogens (primary N) is 1. The van der Waals surface area contributed by atoms with Crippen molar-refractivity contribution in [3.8, 4) is 0 Å².